The van der Waals surface area contributed by atoms with E-state index in [0.29, 0.717) is 6.07 Å². The van der Waals surface area contributed by atoms with Crippen LogP contribution in [-0.2, 0) is 0 Å². The Bertz CT molecular complexity index is 1120. The van der Waals surface area contributed by atoms with Gasteiger partial charge < -0.3 is 5.32 Å². The number of nitro benzene ring substituents is 1. The maximum Gasteiger partial charge on any atom is 0.270 e. The van der Waals surface area contributed by atoms with Gasteiger partial charge in [-0.2, -0.15) is 0 Å². The zero-order valence-electron chi connectivity index (χ0n) is 14.3. The van der Waals surface area contributed by atoms with Crippen LogP contribution in [0.25, 0.3) is 0 Å². The predicted octanol–water partition coefficient (Wildman–Crippen LogP) is 5.55. The number of nitrogens with one attached hydrogen (secondary N) is 1. The number of amides is 1. The molecule has 0 bridgehead atoms. The number of nitro groups is 1. The number of nitrogens with zero attached hydrogens (tertiary/aromatic N) is 1. The minimum absolute atomic E-state index is 0.140. The number of hydrogen-bond donors (Lipinski definition) is 1. The van der Waals surface area contributed by atoms with Gasteiger partial charge >= 0.3 is 0 Å². The second-order valence-corrected chi connectivity index (χ2v) is 6.73. The van der Waals surface area contributed by atoms with E-state index in [9.17, 15) is 32.5 Å². The summed E-state index contributed by atoms with van der Waals surface area (Å²) in [4.78, 5) is 23.2. The van der Waals surface area contributed by atoms with Gasteiger partial charge in [-0.25, -0.2) is 17.6 Å². The van der Waals surface area contributed by atoms with E-state index in [1.165, 1.54) is 24.3 Å². The SMILES string of the molecule is O=C(Nc1ccc(F)c(F)c1F)c1cc([N+](=O)[O-])ccc1Sc1ccccc1F. The van der Waals surface area contributed by atoms with Gasteiger partial charge in [0.2, 0.25) is 0 Å². The van der Waals surface area contributed by atoms with Crippen LogP contribution in [0.5, 0.6) is 0 Å². The van der Waals surface area contributed by atoms with E-state index in [-0.39, 0.29) is 15.4 Å². The van der Waals surface area contributed by atoms with E-state index in [1.807, 2.05) is 0 Å². The molecule has 0 atom stereocenters. The molecular weight excluding hydrogens is 412 g/mol. The maximum absolute atomic E-state index is 13.9. The Morgan fingerprint density at radius 1 is 0.897 bits per heavy atom. The Hall–Kier alpha value is -3.40. The van der Waals surface area contributed by atoms with E-state index in [1.54, 1.807) is 6.07 Å². The highest BCUT2D eigenvalue weighted by Gasteiger charge is 2.21. The number of carbonyl (C=O) groups excluding carboxylic acids is 1. The van der Waals surface area contributed by atoms with Crippen molar-refractivity contribution in [3.63, 3.8) is 0 Å². The Kier molecular flexibility index (Phi) is 5.83. The van der Waals surface area contributed by atoms with Gasteiger partial charge in [0.25, 0.3) is 11.6 Å². The fraction of sp³-hybridized carbons (Fsp3) is 0. The summed E-state index contributed by atoms with van der Waals surface area (Å²) in [6.07, 6.45) is 0. The highest BCUT2D eigenvalue weighted by Crippen LogP contribution is 2.34. The fourth-order valence-electron chi connectivity index (χ4n) is 2.36. The third-order valence-corrected chi connectivity index (χ3v) is 4.89. The van der Waals surface area contributed by atoms with Gasteiger partial charge in [-0.15, -0.1) is 0 Å². The fourth-order valence-corrected chi connectivity index (χ4v) is 3.30. The lowest BCUT2D eigenvalue weighted by molar-refractivity contribution is -0.384. The number of hydrogen-bond acceptors (Lipinski definition) is 4. The molecule has 3 aromatic rings. The number of anilines is 1. The van der Waals surface area contributed by atoms with E-state index in [4.69, 9.17) is 0 Å². The number of non-ortho nitro benzene ring substituents is 1. The van der Waals surface area contributed by atoms with Crippen LogP contribution in [0.3, 0.4) is 0 Å². The molecular formula is C19H10F4N2O3S. The van der Waals surface area contributed by atoms with Crippen molar-refractivity contribution in [2.24, 2.45) is 0 Å². The third kappa shape index (κ3) is 4.37. The maximum atomic E-state index is 13.9. The van der Waals surface area contributed by atoms with Crippen LogP contribution >= 0.6 is 11.8 Å². The lowest BCUT2D eigenvalue weighted by Crippen LogP contribution is -2.15. The lowest BCUT2D eigenvalue weighted by Gasteiger charge is -2.11. The molecule has 29 heavy (non-hydrogen) atoms. The monoisotopic (exact) mass is 422 g/mol. The molecule has 3 rings (SSSR count). The molecule has 0 unspecified atom stereocenters. The van der Waals surface area contributed by atoms with Crippen LogP contribution in [0.4, 0.5) is 28.9 Å². The van der Waals surface area contributed by atoms with Crippen molar-refractivity contribution in [1.29, 1.82) is 0 Å². The van der Waals surface area contributed by atoms with Crippen molar-refractivity contribution in [2.45, 2.75) is 9.79 Å². The topological polar surface area (TPSA) is 72.2 Å². The van der Waals surface area contributed by atoms with Crippen LogP contribution in [0.1, 0.15) is 10.4 Å². The summed E-state index contributed by atoms with van der Waals surface area (Å²) in [5.41, 5.74) is -1.35. The minimum atomic E-state index is -1.78. The number of halogens is 4. The first-order valence-corrected chi connectivity index (χ1v) is 8.75. The molecule has 3 aromatic carbocycles. The summed E-state index contributed by atoms with van der Waals surface area (Å²) in [5.74, 6) is -6.42. The first-order valence-electron chi connectivity index (χ1n) is 7.93. The van der Waals surface area contributed by atoms with Gasteiger partial charge in [0.15, 0.2) is 17.5 Å². The van der Waals surface area contributed by atoms with Crippen molar-refractivity contribution in [1.82, 2.24) is 0 Å². The summed E-state index contributed by atoms with van der Waals surface area (Å²) in [6.45, 7) is 0. The average molecular weight is 422 g/mol. The second kappa shape index (κ2) is 8.31. The summed E-state index contributed by atoms with van der Waals surface area (Å²) in [6, 6.07) is 10.4. The Morgan fingerprint density at radius 2 is 1.62 bits per heavy atom. The summed E-state index contributed by atoms with van der Waals surface area (Å²) in [7, 11) is 0. The average Bonchev–Trinajstić information content (AvgIpc) is 2.70. The van der Waals surface area contributed by atoms with E-state index in [0.717, 1.165) is 30.0 Å². The number of rotatable bonds is 5. The van der Waals surface area contributed by atoms with Crippen molar-refractivity contribution in [3.05, 3.63) is 93.5 Å². The first kappa shape index (κ1) is 20.3. The summed E-state index contributed by atoms with van der Waals surface area (Å²) < 4.78 is 54.2. The minimum Gasteiger partial charge on any atom is -0.319 e. The Labute approximate surface area is 165 Å². The lowest BCUT2D eigenvalue weighted by atomic mass is 10.1. The largest absolute Gasteiger partial charge is 0.319 e. The molecule has 0 radical (unpaired) electrons. The van der Waals surface area contributed by atoms with Crippen LogP contribution in [0, 0.1) is 33.4 Å². The van der Waals surface area contributed by atoms with Crippen LogP contribution in [0.15, 0.2) is 64.4 Å². The summed E-state index contributed by atoms with van der Waals surface area (Å²) >= 11 is 0.824. The molecule has 5 nitrogen and oxygen atoms in total. The molecule has 0 saturated carbocycles. The van der Waals surface area contributed by atoms with Gasteiger partial charge in [-0.1, -0.05) is 23.9 Å². The normalized spacial score (nSPS) is 10.6. The molecule has 1 amide bonds. The molecule has 0 saturated heterocycles. The van der Waals surface area contributed by atoms with Crippen molar-refractivity contribution >= 4 is 29.0 Å². The quantitative estimate of drug-likeness (QED) is 0.253. The molecule has 1 N–H and O–H groups in total. The number of carbonyl (C=O) groups is 1. The zero-order valence-corrected chi connectivity index (χ0v) is 15.1. The van der Waals surface area contributed by atoms with E-state index < -0.39 is 45.5 Å². The van der Waals surface area contributed by atoms with E-state index >= 15 is 0 Å². The van der Waals surface area contributed by atoms with Gasteiger partial charge in [-0.05, 0) is 30.3 Å². The van der Waals surface area contributed by atoms with Gasteiger partial charge in [-0.3, -0.25) is 14.9 Å². The molecule has 0 aliphatic rings. The standard InChI is InChI=1S/C19H10F4N2O3S/c20-12-3-1-2-4-16(12)29-15-8-5-10(25(27)28)9-11(15)19(26)24-14-7-6-13(21)17(22)18(14)23/h1-9H,(H,24,26). The highest BCUT2D eigenvalue weighted by molar-refractivity contribution is 7.99. The van der Waals surface area contributed by atoms with Crippen LogP contribution in [0.2, 0.25) is 0 Å². The zero-order chi connectivity index (χ0) is 21.1. The second-order valence-electron chi connectivity index (χ2n) is 5.65. The third-order valence-electron chi connectivity index (χ3n) is 3.76. The highest BCUT2D eigenvalue weighted by atomic mass is 32.2. The first-order chi connectivity index (χ1) is 13.8. The van der Waals surface area contributed by atoms with Crippen molar-refractivity contribution in [3.8, 4) is 0 Å². The van der Waals surface area contributed by atoms with Gasteiger partial charge in [0, 0.05) is 21.9 Å². The molecule has 0 aromatic heterocycles. The molecule has 0 heterocycles. The summed E-state index contributed by atoms with van der Waals surface area (Å²) in [5, 5.41) is 13.1. The molecule has 0 aliphatic heterocycles. The number of benzene rings is 3. The Balaban J connectivity index is 2.00. The van der Waals surface area contributed by atoms with Gasteiger partial charge in [0.1, 0.15) is 5.82 Å². The predicted molar refractivity (Wildman–Crippen MR) is 97.9 cm³/mol. The molecule has 0 spiro atoms. The van der Waals surface area contributed by atoms with E-state index in [2.05, 4.69) is 5.32 Å². The smallest absolute Gasteiger partial charge is 0.270 e. The molecule has 0 fully saturated rings. The van der Waals surface area contributed by atoms with Crippen molar-refractivity contribution in [2.75, 3.05) is 5.32 Å². The molecule has 148 valence electrons. The van der Waals surface area contributed by atoms with Crippen LogP contribution < -0.4 is 5.32 Å². The Morgan fingerprint density at radius 3 is 2.31 bits per heavy atom. The van der Waals surface area contributed by atoms with Crippen LogP contribution in [-0.4, -0.2) is 10.8 Å². The molecule has 0 aliphatic carbocycles. The van der Waals surface area contributed by atoms with Crippen molar-refractivity contribution < 1.29 is 27.3 Å². The van der Waals surface area contributed by atoms with Gasteiger partial charge in [0.05, 0.1) is 16.2 Å². The molecule has 10 heteroatoms.